The van der Waals surface area contributed by atoms with Crippen LogP contribution in [0.2, 0.25) is 0 Å². The summed E-state index contributed by atoms with van der Waals surface area (Å²) < 4.78 is 6.29. The summed E-state index contributed by atoms with van der Waals surface area (Å²) >= 11 is 0. The summed E-state index contributed by atoms with van der Waals surface area (Å²) in [5.74, 6) is 1.88. The molecule has 0 aliphatic heterocycles. The van der Waals surface area contributed by atoms with E-state index < -0.39 is 0 Å². The maximum atomic E-state index is 6.29. The second kappa shape index (κ2) is 11.9. The molecule has 0 unspecified atom stereocenters. The van der Waals surface area contributed by atoms with Gasteiger partial charge in [-0.3, -0.25) is 0 Å². The summed E-state index contributed by atoms with van der Waals surface area (Å²) in [4.78, 5) is 15.2. The predicted molar refractivity (Wildman–Crippen MR) is 209 cm³/mol. The molecule has 0 radical (unpaired) electrons. The Hall–Kier alpha value is -6.91. The molecular formula is C47H29N3O. The third-order valence-electron chi connectivity index (χ3n) is 9.70. The van der Waals surface area contributed by atoms with E-state index in [0.717, 1.165) is 66.1 Å². The molecule has 0 amide bonds. The Morgan fingerprint density at radius 2 is 0.843 bits per heavy atom. The second-order valence-corrected chi connectivity index (χ2v) is 12.9. The molecule has 0 aliphatic carbocycles. The molecule has 0 atom stereocenters. The highest BCUT2D eigenvalue weighted by Crippen LogP contribution is 2.38. The van der Waals surface area contributed by atoms with Gasteiger partial charge in [-0.25, -0.2) is 15.0 Å². The quantitative estimate of drug-likeness (QED) is 0.186. The van der Waals surface area contributed by atoms with Crippen LogP contribution in [-0.4, -0.2) is 15.0 Å². The first-order chi connectivity index (χ1) is 25.2. The first kappa shape index (κ1) is 29.0. The minimum atomic E-state index is 0.620. The molecule has 0 bridgehead atoms. The zero-order valence-corrected chi connectivity index (χ0v) is 27.5. The Kier molecular flexibility index (Phi) is 6.78. The molecule has 0 N–H and O–H groups in total. The third-order valence-corrected chi connectivity index (χ3v) is 9.70. The Labute approximate surface area is 294 Å². The van der Waals surface area contributed by atoms with Crippen molar-refractivity contribution in [2.45, 2.75) is 0 Å². The molecule has 0 saturated carbocycles. The van der Waals surface area contributed by atoms with Crippen LogP contribution in [0.15, 0.2) is 180 Å². The lowest BCUT2D eigenvalue weighted by molar-refractivity contribution is 0.669. The van der Waals surface area contributed by atoms with Crippen molar-refractivity contribution in [1.29, 1.82) is 0 Å². The Morgan fingerprint density at radius 3 is 1.65 bits per heavy atom. The van der Waals surface area contributed by atoms with Gasteiger partial charge < -0.3 is 4.42 Å². The van der Waals surface area contributed by atoms with Gasteiger partial charge >= 0.3 is 0 Å². The minimum absolute atomic E-state index is 0.620. The SMILES string of the molecule is c1ccc(-c2nc(-c3ccc(-c4ccc5ccccc5c4)cc3)nc(-c3cc(-c4ccc5c(c4)oc4ccccc45)c4ccccc4c3)n2)cc1. The number of nitrogens with zero attached hydrogens (tertiary/aromatic N) is 3. The lowest BCUT2D eigenvalue weighted by Gasteiger charge is -2.13. The Bertz CT molecular complexity index is 2910. The van der Waals surface area contributed by atoms with E-state index in [9.17, 15) is 0 Å². The van der Waals surface area contributed by atoms with Crippen LogP contribution in [0.5, 0.6) is 0 Å². The van der Waals surface area contributed by atoms with E-state index in [-0.39, 0.29) is 0 Å². The number of furan rings is 1. The van der Waals surface area contributed by atoms with Crippen molar-refractivity contribution < 1.29 is 4.42 Å². The summed E-state index contributed by atoms with van der Waals surface area (Å²) in [5.41, 5.74) is 9.01. The average Bonchev–Trinajstić information content (AvgIpc) is 3.58. The number of aromatic nitrogens is 3. The Morgan fingerprint density at radius 1 is 0.294 bits per heavy atom. The van der Waals surface area contributed by atoms with E-state index in [0.29, 0.717) is 17.5 Å². The van der Waals surface area contributed by atoms with Crippen LogP contribution >= 0.6 is 0 Å². The third kappa shape index (κ3) is 5.22. The molecule has 238 valence electrons. The lowest BCUT2D eigenvalue weighted by atomic mass is 9.94. The van der Waals surface area contributed by atoms with Crippen molar-refractivity contribution in [3.63, 3.8) is 0 Å². The van der Waals surface area contributed by atoms with Gasteiger partial charge in [0, 0.05) is 27.5 Å². The molecular weight excluding hydrogens is 623 g/mol. The van der Waals surface area contributed by atoms with Crippen molar-refractivity contribution in [3.8, 4) is 56.4 Å². The largest absolute Gasteiger partial charge is 0.456 e. The molecule has 4 heteroatoms. The van der Waals surface area contributed by atoms with Gasteiger partial charge in [-0.2, -0.15) is 0 Å². The highest BCUT2D eigenvalue weighted by molar-refractivity contribution is 6.07. The van der Waals surface area contributed by atoms with E-state index in [1.165, 1.54) is 16.3 Å². The molecule has 10 aromatic rings. The van der Waals surface area contributed by atoms with Gasteiger partial charge in [-0.05, 0) is 80.2 Å². The average molecular weight is 652 g/mol. The van der Waals surface area contributed by atoms with Crippen LogP contribution in [0.3, 0.4) is 0 Å². The molecule has 10 rings (SSSR count). The van der Waals surface area contributed by atoms with E-state index in [1.54, 1.807) is 0 Å². The van der Waals surface area contributed by atoms with Crippen LogP contribution in [0, 0.1) is 0 Å². The highest BCUT2D eigenvalue weighted by Gasteiger charge is 2.16. The standard InChI is InChI=1S/C47H29N3O/c1-2-11-32(12-3-1)45-48-46(33-21-18-31(19-22-33)35-23-20-30-10-4-5-13-34(30)26-35)50-47(49-45)38-27-36-14-6-7-15-39(36)42(28-38)37-24-25-41-40-16-8-9-17-43(40)51-44(41)29-37/h1-29H. The fourth-order valence-electron chi connectivity index (χ4n) is 7.10. The number of fused-ring (bicyclic) bond motifs is 5. The van der Waals surface area contributed by atoms with E-state index in [1.807, 2.05) is 48.5 Å². The molecule has 51 heavy (non-hydrogen) atoms. The maximum absolute atomic E-state index is 6.29. The van der Waals surface area contributed by atoms with E-state index in [4.69, 9.17) is 19.4 Å². The smallest absolute Gasteiger partial charge is 0.164 e. The number of para-hydroxylation sites is 1. The normalized spacial score (nSPS) is 11.5. The first-order valence-corrected chi connectivity index (χ1v) is 17.1. The molecule has 0 aliphatic rings. The molecule has 2 heterocycles. The van der Waals surface area contributed by atoms with Gasteiger partial charge in [0.25, 0.3) is 0 Å². The summed E-state index contributed by atoms with van der Waals surface area (Å²) in [6.45, 7) is 0. The van der Waals surface area contributed by atoms with Gasteiger partial charge in [0.15, 0.2) is 17.5 Å². The molecule has 0 saturated heterocycles. The molecule has 0 fully saturated rings. The van der Waals surface area contributed by atoms with Crippen LogP contribution in [0.25, 0.3) is 99.9 Å². The second-order valence-electron chi connectivity index (χ2n) is 12.9. The summed E-state index contributed by atoms with van der Waals surface area (Å²) in [7, 11) is 0. The summed E-state index contributed by atoms with van der Waals surface area (Å²) in [6.07, 6.45) is 0. The van der Waals surface area contributed by atoms with Gasteiger partial charge in [0.1, 0.15) is 11.2 Å². The first-order valence-electron chi connectivity index (χ1n) is 17.1. The van der Waals surface area contributed by atoms with Gasteiger partial charge in [-0.15, -0.1) is 0 Å². The van der Waals surface area contributed by atoms with Gasteiger partial charge in [0.05, 0.1) is 0 Å². The van der Waals surface area contributed by atoms with Crippen molar-refractivity contribution in [3.05, 3.63) is 176 Å². The predicted octanol–water partition coefficient (Wildman–Crippen LogP) is 12.4. The van der Waals surface area contributed by atoms with Crippen molar-refractivity contribution in [1.82, 2.24) is 15.0 Å². The lowest BCUT2D eigenvalue weighted by Crippen LogP contribution is -2.00. The van der Waals surface area contributed by atoms with Crippen molar-refractivity contribution in [2.24, 2.45) is 0 Å². The van der Waals surface area contributed by atoms with E-state index >= 15 is 0 Å². The molecule has 8 aromatic carbocycles. The van der Waals surface area contributed by atoms with Gasteiger partial charge in [0.2, 0.25) is 0 Å². The molecule has 0 spiro atoms. The maximum Gasteiger partial charge on any atom is 0.164 e. The number of rotatable bonds is 5. The van der Waals surface area contributed by atoms with Crippen LogP contribution in [-0.2, 0) is 0 Å². The summed E-state index contributed by atoms with van der Waals surface area (Å²) in [5, 5.41) is 6.94. The van der Waals surface area contributed by atoms with Crippen LogP contribution in [0.1, 0.15) is 0 Å². The van der Waals surface area contributed by atoms with Crippen LogP contribution in [0.4, 0.5) is 0 Å². The number of benzene rings is 8. The molecule has 2 aromatic heterocycles. The minimum Gasteiger partial charge on any atom is -0.456 e. The van der Waals surface area contributed by atoms with Crippen molar-refractivity contribution >= 4 is 43.5 Å². The Balaban J connectivity index is 1.11. The topological polar surface area (TPSA) is 51.8 Å². The number of hydrogen-bond donors (Lipinski definition) is 0. The monoisotopic (exact) mass is 651 g/mol. The molecule has 4 nitrogen and oxygen atoms in total. The highest BCUT2D eigenvalue weighted by atomic mass is 16.3. The number of hydrogen-bond acceptors (Lipinski definition) is 4. The fourth-order valence-corrected chi connectivity index (χ4v) is 7.10. The zero-order valence-electron chi connectivity index (χ0n) is 27.5. The zero-order chi connectivity index (χ0) is 33.7. The van der Waals surface area contributed by atoms with E-state index in [2.05, 4.69) is 127 Å². The fraction of sp³-hybridized carbons (Fsp3) is 0. The van der Waals surface area contributed by atoms with Crippen molar-refractivity contribution in [2.75, 3.05) is 0 Å². The van der Waals surface area contributed by atoms with Gasteiger partial charge in [-0.1, -0.05) is 140 Å². The van der Waals surface area contributed by atoms with Crippen LogP contribution < -0.4 is 0 Å². The summed E-state index contributed by atoms with van der Waals surface area (Å²) in [6, 6.07) is 61.2.